The first kappa shape index (κ1) is 11.3. The van der Waals surface area contributed by atoms with Crippen LogP contribution in [0.3, 0.4) is 0 Å². The molecule has 0 atom stereocenters. The number of aryl methyl sites for hydroxylation is 1. The second kappa shape index (κ2) is 7.00. The molecule has 0 bridgehead atoms. The van der Waals surface area contributed by atoms with E-state index in [1.54, 1.807) is 0 Å². The van der Waals surface area contributed by atoms with Crippen LogP contribution in [0.4, 0.5) is 5.69 Å². The van der Waals surface area contributed by atoms with Gasteiger partial charge in [0.15, 0.2) is 0 Å². The summed E-state index contributed by atoms with van der Waals surface area (Å²) in [5.41, 5.74) is 2.30. The van der Waals surface area contributed by atoms with Crippen molar-refractivity contribution in [1.29, 1.82) is 0 Å². The van der Waals surface area contributed by atoms with Gasteiger partial charge in [0.05, 0.1) is 0 Å². The van der Waals surface area contributed by atoms with Crippen LogP contribution in [-0.2, 0) is 0 Å². The Morgan fingerprint density at radius 1 is 1.17 bits per heavy atom. The number of nitrogens with two attached hydrogens (primary N) is 1. The lowest BCUT2D eigenvalue weighted by molar-refractivity contribution is 1.47. The molecule has 0 aliphatic rings. The van der Waals surface area contributed by atoms with Crippen LogP contribution >= 0.6 is 12.1 Å². The second-order valence-corrected chi connectivity index (χ2v) is 2.53. The summed E-state index contributed by atoms with van der Waals surface area (Å²) in [4.78, 5) is 0. The van der Waals surface area contributed by atoms with Crippen molar-refractivity contribution in [3.63, 3.8) is 0 Å². The summed E-state index contributed by atoms with van der Waals surface area (Å²) < 4.78 is 2.93. The zero-order valence-electron chi connectivity index (χ0n) is 7.79. The molecule has 0 aliphatic heterocycles. The highest BCUT2D eigenvalue weighted by Gasteiger charge is 1.86. The van der Waals surface area contributed by atoms with Gasteiger partial charge in [-0.05, 0) is 19.1 Å². The molecular formula is C9H16N2S. The summed E-state index contributed by atoms with van der Waals surface area (Å²) in [6.45, 7) is 6.05. The Balaban J connectivity index is 0.000000561. The number of rotatable bonds is 2. The van der Waals surface area contributed by atoms with Gasteiger partial charge in [0.1, 0.15) is 0 Å². The minimum absolute atomic E-state index is 1.04. The Kier molecular flexibility index (Phi) is 6.61. The molecule has 0 saturated carbocycles. The molecule has 3 heteroatoms. The molecule has 1 aromatic rings. The molecule has 0 aromatic heterocycles. The standard InChI is InChI=1S/C7H10N2S.C2H6/c1-6-2-4-7(5-3-6)9-10-8;1-2/h2-5,9H,8H2,1H3;1-2H3. The molecule has 0 radical (unpaired) electrons. The Morgan fingerprint density at radius 2 is 1.67 bits per heavy atom. The van der Waals surface area contributed by atoms with Crippen molar-refractivity contribution in [3.05, 3.63) is 29.8 Å². The van der Waals surface area contributed by atoms with Crippen molar-refractivity contribution in [2.75, 3.05) is 4.72 Å². The van der Waals surface area contributed by atoms with Gasteiger partial charge in [0.25, 0.3) is 0 Å². The van der Waals surface area contributed by atoms with Gasteiger partial charge in [0.2, 0.25) is 0 Å². The molecule has 0 amide bonds. The fourth-order valence-electron chi connectivity index (χ4n) is 0.690. The SMILES string of the molecule is CC.Cc1ccc(NSN)cc1. The zero-order chi connectivity index (χ0) is 9.40. The smallest absolute Gasteiger partial charge is 0.0452 e. The van der Waals surface area contributed by atoms with Crippen LogP contribution in [0.25, 0.3) is 0 Å². The van der Waals surface area contributed by atoms with E-state index in [2.05, 4.69) is 11.6 Å². The number of hydrogen-bond donors (Lipinski definition) is 2. The van der Waals surface area contributed by atoms with E-state index < -0.39 is 0 Å². The van der Waals surface area contributed by atoms with Gasteiger partial charge in [-0.15, -0.1) is 0 Å². The highest BCUT2D eigenvalue weighted by atomic mass is 32.2. The van der Waals surface area contributed by atoms with Crippen molar-refractivity contribution >= 4 is 17.8 Å². The minimum atomic E-state index is 1.04. The third-order valence-electron chi connectivity index (χ3n) is 1.23. The van der Waals surface area contributed by atoms with Crippen LogP contribution in [0, 0.1) is 6.92 Å². The largest absolute Gasteiger partial charge is 0.317 e. The van der Waals surface area contributed by atoms with Crippen LogP contribution in [0.1, 0.15) is 19.4 Å². The highest BCUT2D eigenvalue weighted by molar-refractivity contribution is 7.98. The molecule has 0 spiro atoms. The topological polar surface area (TPSA) is 38.0 Å². The molecule has 0 saturated heterocycles. The summed E-state index contributed by atoms with van der Waals surface area (Å²) in [7, 11) is 0. The van der Waals surface area contributed by atoms with Crippen molar-refractivity contribution < 1.29 is 0 Å². The maximum absolute atomic E-state index is 5.20. The van der Waals surface area contributed by atoms with Crippen LogP contribution in [0.2, 0.25) is 0 Å². The summed E-state index contributed by atoms with van der Waals surface area (Å²) in [5.74, 6) is 0. The Morgan fingerprint density at radius 3 is 2.08 bits per heavy atom. The Labute approximate surface area is 78.8 Å². The summed E-state index contributed by atoms with van der Waals surface area (Å²) in [6, 6.07) is 8.07. The van der Waals surface area contributed by atoms with Crippen LogP contribution in [-0.4, -0.2) is 0 Å². The number of benzene rings is 1. The highest BCUT2D eigenvalue weighted by Crippen LogP contribution is 2.10. The third-order valence-corrected chi connectivity index (χ3v) is 1.58. The van der Waals surface area contributed by atoms with Gasteiger partial charge in [-0.3, -0.25) is 5.14 Å². The lowest BCUT2D eigenvalue weighted by atomic mass is 10.2. The predicted octanol–water partition coefficient (Wildman–Crippen LogP) is 2.96. The van der Waals surface area contributed by atoms with Gasteiger partial charge in [0, 0.05) is 17.8 Å². The van der Waals surface area contributed by atoms with E-state index in [4.69, 9.17) is 5.14 Å². The summed E-state index contributed by atoms with van der Waals surface area (Å²) in [6.07, 6.45) is 0. The first-order chi connectivity index (χ1) is 5.83. The second-order valence-electron chi connectivity index (χ2n) is 2.09. The van der Waals surface area contributed by atoms with Gasteiger partial charge in [-0.1, -0.05) is 31.5 Å². The van der Waals surface area contributed by atoms with E-state index in [1.165, 1.54) is 5.56 Å². The molecule has 68 valence electrons. The van der Waals surface area contributed by atoms with Gasteiger partial charge in [-0.2, -0.15) is 0 Å². The fourth-order valence-corrected chi connectivity index (χ4v) is 0.962. The number of nitrogens with one attached hydrogen (secondary N) is 1. The first-order valence-corrected chi connectivity index (χ1v) is 4.89. The molecule has 3 N–H and O–H groups in total. The molecule has 0 aliphatic carbocycles. The quantitative estimate of drug-likeness (QED) is 0.694. The Bertz CT molecular complexity index is 196. The normalized spacial score (nSPS) is 8.33. The lowest BCUT2D eigenvalue weighted by Crippen LogP contribution is -1.90. The lowest BCUT2D eigenvalue weighted by Gasteiger charge is -1.99. The third kappa shape index (κ3) is 4.26. The van der Waals surface area contributed by atoms with E-state index in [1.807, 2.05) is 38.1 Å². The van der Waals surface area contributed by atoms with Gasteiger partial charge >= 0.3 is 0 Å². The molecule has 12 heavy (non-hydrogen) atoms. The van der Waals surface area contributed by atoms with E-state index in [0.717, 1.165) is 17.8 Å². The first-order valence-electron chi connectivity index (χ1n) is 4.01. The van der Waals surface area contributed by atoms with Crippen molar-refractivity contribution in [1.82, 2.24) is 0 Å². The van der Waals surface area contributed by atoms with Crippen molar-refractivity contribution in [2.24, 2.45) is 5.14 Å². The van der Waals surface area contributed by atoms with E-state index >= 15 is 0 Å². The molecule has 1 rings (SSSR count). The fraction of sp³-hybridized carbons (Fsp3) is 0.333. The molecule has 0 unspecified atom stereocenters. The molecule has 1 aromatic carbocycles. The molecule has 2 nitrogen and oxygen atoms in total. The van der Waals surface area contributed by atoms with Crippen molar-refractivity contribution in [2.45, 2.75) is 20.8 Å². The van der Waals surface area contributed by atoms with Crippen molar-refractivity contribution in [3.8, 4) is 0 Å². The Hall–Kier alpha value is -0.670. The monoisotopic (exact) mass is 184 g/mol. The maximum Gasteiger partial charge on any atom is 0.0452 e. The average molecular weight is 184 g/mol. The van der Waals surface area contributed by atoms with E-state index in [-0.39, 0.29) is 0 Å². The number of anilines is 1. The minimum Gasteiger partial charge on any atom is -0.317 e. The molecule has 0 heterocycles. The van der Waals surface area contributed by atoms with Gasteiger partial charge < -0.3 is 4.72 Å². The van der Waals surface area contributed by atoms with E-state index in [9.17, 15) is 0 Å². The maximum atomic E-state index is 5.20. The zero-order valence-corrected chi connectivity index (χ0v) is 8.61. The van der Waals surface area contributed by atoms with Gasteiger partial charge in [-0.25, -0.2) is 0 Å². The van der Waals surface area contributed by atoms with E-state index in [0.29, 0.717) is 0 Å². The van der Waals surface area contributed by atoms with Crippen LogP contribution < -0.4 is 9.86 Å². The summed E-state index contributed by atoms with van der Waals surface area (Å²) in [5, 5.41) is 5.20. The number of hydrogen-bond acceptors (Lipinski definition) is 3. The summed E-state index contributed by atoms with van der Waals surface area (Å²) >= 11 is 1.11. The van der Waals surface area contributed by atoms with Crippen LogP contribution in [0.5, 0.6) is 0 Å². The average Bonchev–Trinajstić information content (AvgIpc) is 2.13. The molecular weight excluding hydrogens is 168 g/mol. The predicted molar refractivity (Wildman–Crippen MR) is 57.9 cm³/mol. The van der Waals surface area contributed by atoms with Crippen LogP contribution in [0.15, 0.2) is 24.3 Å². The molecule has 0 fully saturated rings.